The molecule has 0 spiro atoms. The monoisotopic (exact) mass is 302 g/mol. The van der Waals surface area contributed by atoms with Gasteiger partial charge in [0.25, 0.3) is 0 Å². The van der Waals surface area contributed by atoms with Crippen LogP contribution in [0, 0.1) is 5.82 Å². The molecule has 0 fully saturated rings. The van der Waals surface area contributed by atoms with Crippen molar-refractivity contribution < 1.29 is 9.50 Å². The fraction of sp³-hybridized carbons (Fsp3) is 0.125. The van der Waals surface area contributed by atoms with Gasteiger partial charge in [0.05, 0.1) is 10.5 Å². The summed E-state index contributed by atoms with van der Waals surface area (Å²) in [6.07, 6.45) is 3.06. The molecule has 0 amide bonds. The van der Waals surface area contributed by atoms with Crippen LogP contribution in [0.15, 0.2) is 48.8 Å². The van der Waals surface area contributed by atoms with E-state index in [0.29, 0.717) is 21.5 Å². The number of hydrogen-bond donors (Lipinski definition) is 1. The van der Waals surface area contributed by atoms with E-state index < -0.39 is 11.4 Å². The predicted molar refractivity (Wildman–Crippen MR) is 79.6 cm³/mol. The molecule has 2 heterocycles. The van der Waals surface area contributed by atoms with Crippen molar-refractivity contribution in [1.29, 1.82) is 0 Å². The molecule has 3 aromatic rings. The average molecular weight is 303 g/mol. The zero-order valence-corrected chi connectivity index (χ0v) is 12.0. The van der Waals surface area contributed by atoms with Crippen molar-refractivity contribution in [3.05, 3.63) is 70.9 Å². The molecule has 5 heteroatoms. The molecule has 0 aliphatic carbocycles. The Hall–Kier alpha value is -2.04. The molecule has 0 saturated carbocycles. The lowest BCUT2D eigenvalue weighted by Gasteiger charge is -2.24. The highest BCUT2D eigenvalue weighted by molar-refractivity contribution is 6.35. The summed E-state index contributed by atoms with van der Waals surface area (Å²) in [5.41, 5.74) is -0.367. The highest BCUT2D eigenvalue weighted by Crippen LogP contribution is 2.32. The molecule has 21 heavy (non-hydrogen) atoms. The molecular weight excluding hydrogens is 291 g/mol. The number of pyridine rings is 2. The van der Waals surface area contributed by atoms with Crippen molar-refractivity contribution in [3.8, 4) is 0 Å². The minimum absolute atomic E-state index is 0.0237. The number of halogens is 2. The Kier molecular flexibility index (Phi) is 3.35. The van der Waals surface area contributed by atoms with Crippen LogP contribution in [0.5, 0.6) is 0 Å². The molecule has 1 N–H and O–H groups in total. The SMILES string of the molecule is C[C@](O)(c1ccc2nccc(Cl)c2c1)c1ncccc1F. The van der Waals surface area contributed by atoms with Gasteiger partial charge in [0.1, 0.15) is 17.1 Å². The number of fused-ring (bicyclic) bond motifs is 1. The van der Waals surface area contributed by atoms with Gasteiger partial charge in [-0.1, -0.05) is 17.7 Å². The van der Waals surface area contributed by atoms with E-state index in [0.717, 1.165) is 0 Å². The molecular formula is C16H12ClFN2O. The maximum Gasteiger partial charge on any atom is 0.148 e. The molecule has 0 bridgehead atoms. The van der Waals surface area contributed by atoms with E-state index in [4.69, 9.17) is 11.6 Å². The van der Waals surface area contributed by atoms with Gasteiger partial charge in [0.2, 0.25) is 0 Å². The molecule has 1 aromatic carbocycles. The summed E-state index contributed by atoms with van der Waals surface area (Å²) in [7, 11) is 0. The van der Waals surface area contributed by atoms with Crippen LogP contribution in [0.4, 0.5) is 4.39 Å². The number of hydrogen-bond acceptors (Lipinski definition) is 3. The molecule has 1 atom stereocenters. The van der Waals surface area contributed by atoms with Gasteiger partial charge in [0, 0.05) is 17.8 Å². The first-order chi connectivity index (χ1) is 10.00. The highest BCUT2D eigenvalue weighted by Gasteiger charge is 2.30. The Morgan fingerprint density at radius 2 is 1.95 bits per heavy atom. The summed E-state index contributed by atoms with van der Waals surface area (Å²) < 4.78 is 13.9. The number of rotatable bonds is 2. The molecule has 0 saturated heterocycles. The first-order valence-corrected chi connectivity index (χ1v) is 6.76. The molecule has 0 aliphatic rings. The lowest BCUT2D eigenvalue weighted by atomic mass is 9.90. The Balaban J connectivity index is 2.19. The second-order valence-corrected chi connectivity index (χ2v) is 5.34. The minimum atomic E-state index is -1.56. The Morgan fingerprint density at radius 1 is 1.14 bits per heavy atom. The van der Waals surface area contributed by atoms with E-state index in [9.17, 15) is 9.50 Å². The molecule has 0 radical (unpaired) electrons. The van der Waals surface area contributed by atoms with Crippen LogP contribution in [0.2, 0.25) is 5.02 Å². The van der Waals surface area contributed by atoms with Gasteiger partial charge in [-0.3, -0.25) is 9.97 Å². The first-order valence-electron chi connectivity index (χ1n) is 6.38. The summed E-state index contributed by atoms with van der Waals surface area (Å²) in [6.45, 7) is 1.50. The second kappa shape index (κ2) is 5.06. The maximum absolute atomic E-state index is 13.9. The van der Waals surface area contributed by atoms with E-state index in [-0.39, 0.29) is 5.69 Å². The third-order valence-electron chi connectivity index (χ3n) is 3.47. The van der Waals surface area contributed by atoms with Crippen LogP contribution in [-0.2, 0) is 5.60 Å². The summed E-state index contributed by atoms with van der Waals surface area (Å²) >= 11 is 6.15. The molecule has 2 aromatic heterocycles. The van der Waals surface area contributed by atoms with Crippen molar-refractivity contribution in [2.75, 3.05) is 0 Å². The first kappa shape index (κ1) is 13.9. The molecule has 0 aliphatic heterocycles. The predicted octanol–water partition coefficient (Wildman–Crippen LogP) is 3.68. The lowest BCUT2D eigenvalue weighted by molar-refractivity contribution is 0.0929. The van der Waals surface area contributed by atoms with Crippen molar-refractivity contribution in [3.63, 3.8) is 0 Å². The van der Waals surface area contributed by atoms with Gasteiger partial charge in [-0.2, -0.15) is 0 Å². The third kappa shape index (κ3) is 2.37. The highest BCUT2D eigenvalue weighted by atomic mass is 35.5. The quantitative estimate of drug-likeness (QED) is 0.785. The zero-order valence-electron chi connectivity index (χ0n) is 11.2. The van der Waals surface area contributed by atoms with Gasteiger partial charge in [-0.25, -0.2) is 4.39 Å². The van der Waals surface area contributed by atoms with E-state index in [1.54, 1.807) is 30.5 Å². The van der Waals surface area contributed by atoms with Crippen LogP contribution < -0.4 is 0 Å². The molecule has 106 valence electrons. The summed E-state index contributed by atoms with van der Waals surface area (Å²) in [5.74, 6) is -0.556. The molecule has 3 nitrogen and oxygen atoms in total. The summed E-state index contributed by atoms with van der Waals surface area (Å²) in [5, 5.41) is 12.0. The van der Waals surface area contributed by atoms with E-state index in [2.05, 4.69) is 9.97 Å². The third-order valence-corrected chi connectivity index (χ3v) is 3.80. The topological polar surface area (TPSA) is 46.0 Å². The second-order valence-electron chi connectivity index (χ2n) is 4.93. The Morgan fingerprint density at radius 3 is 2.71 bits per heavy atom. The van der Waals surface area contributed by atoms with Crippen molar-refractivity contribution in [2.45, 2.75) is 12.5 Å². The van der Waals surface area contributed by atoms with Gasteiger partial charge < -0.3 is 5.11 Å². The van der Waals surface area contributed by atoms with E-state index >= 15 is 0 Å². The van der Waals surface area contributed by atoms with Crippen LogP contribution in [-0.4, -0.2) is 15.1 Å². The summed E-state index contributed by atoms with van der Waals surface area (Å²) in [6, 6.07) is 9.57. The maximum atomic E-state index is 13.9. The number of aliphatic hydroxyl groups is 1. The van der Waals surface area contributed by atoms with Gasteiger partial charge >= 0.3 is 0 Å². The van der Waals surface area contributed by atoms with Crippen molar-refractivity contribution >= 4 is 22.5 Å². The Bertz CT molecular complexity index is 820. The minimum Gasteiger partial charge on any atom is -0.379 e. The van der Waals surface area contributed by atoms with Crippen molar-refractivity contribution in [1.82, 2.24) is 9.97 Å². The number of aromatic nitrogens is 2. The smallest absolute Gasteiger partial charge is 0.148 e. The van der Waals surface area contributed by atoms with Crippen LogP contribution in [0.1, 0.15) is 18.2 Å². The summed E-state index contributed by atoms with van der Waals surface area (Å²) in [4.78, 5) is 8.15. The molecule has 0 unspecified atom stereocenters. The zero-order chi connectivity index (χ0) is 15.0. The van der Waals surface area contributed by atoms with Gasteiger partial charge in [0.15, 0.2) is 0 Å². The van der Waals surface area contributed by atoms with E-state index in [1.807, 2.05) is 0 Å². The number of nitrogens with zero attached hydrogens (tertiary/aromatic N) is 2. The largest absolute Gasteiger partial charge is 0.379 e. The van der Waals surface area contributed by atoms with Gasteiger partial charge in [-0.05, 0) is 42.8 Å². The van der Waals surface area contributed by atoms with Crippen LogP contribution in [0.3, 0.4) is 0 Å². The van der Waals surface area contributed by atoms with Crippen LogP contribution in [0.25, 0.3) is 10.9 Å². The Labute approximate surface area is 126 Å². The lowest BCUT2D eigenvalue weighted by Crippen LogP contribution is -2.25. The molecule has 3 rings (SSSR count). The van der Waals surface area contributed by atoms with Gasteiger partial charge in [-0.15, -0.1) is 0 Å². The standard InChI is InChI=1S/C16H12ClFN2O/c1-16(21,15-13(18)3-2-7-20-15)10-4-5-14-11(9-10)12(17)6-8-19-14/h2-9,21H,1H3/t16-/m0/s1. The fourth-order valence-corrected chi connectivity index (χ4v) is 2.50. The van der Waals surface area contributed by atoms with Crippen LogP contribution >= 0.6 is 11.6 Å². The number of benzene rings is 1. The van der Waals surface area contributed by atoms with Crippen molar-refractivity contribution in [2.24, 2.45) is 0 Å². The normalized spacial score (nSPS) is 14.1. The average Bonchev–Trinajstić information content (AvgIpc) is 2.47. The fourth-order valence-electron chi connectivity index (χ4n) is 2.30. The van der Waals surface area contributed by atoms with E-state index in [1.165, 1.54) is 25.3 Å².